The van der Waals surface area contributed by atoms with Crippen molar-refractivity contribution in [3.63, 3.8) is 0 Å². The third-order valence-electron chi connectivity index (χ3n) is 4.34. The SMILES string of the molecule is Cc1nc(CN[C@H](C)CCN2C(=O)c3ccccc3C2=O)sc1C. The van der Waals surface area contributed by atoms with Crippen LogP contribution in [0.3, 0.4) is 0 Å². The number of hydrogen-bond acceptors (Lipinski definition) is 5. The minimum absolute atomic E-state index is 0.186. The smallest absolute Gasteiger partial charge is 0.261 e. The van der Waals surface area contributed by atoms with Crippen LogP contribution in [0, 0.1) is 13.8 Å². The molecule has 1 atom stereocenters. The average Bonchev–Trinajstić information content (AvgIpc) is 3.02. The molecule has 0 saturated heterocycles. The van der Waals surface area contributed by atoms with Crippen LogP contribution in [0.1, 0.15) is 49.6 Å². The molecule has 2 aromatic rings. The molecule has 3 rings (SSSR count). The first kappa shape index (κ1) is 16.8. The lowest BCUT2D eigenvalue weighted by molar-refractivity contribution is 0.0649. The Balaban J connectivity index is 1.53. The zero-order chi connectivity index (χ0) is 17.3. The Kier molecular flexibility index (Phi) is 4.78. The average molecular weight is 343 g/mol. The van der Waals surface area contributed by atoms with Gasteiger partial charge in [0.25, 0.3) is 11.8 Å². The Morgan fingerprint density at radius 1 is 1.17 bits per heavy atom. The highest BCUT2D eigenvalue weighted by Gasteiger charge is 2.34. The lowest BCUT2D eigenvalue weighted by Crippen LogP contribution is -2.35. The standard InChI is InChI=1S/C18H21N3O2S/c1-11(19-10-16-20-12(2)13(3)24-16)8-9-21-17(22)14-6-4-5-7-15(14)18(21)23/h4-7,11,19H,8-10H2,1-3H3/t11-/m1/s1. The number of fused-ring (bicyclic) bond motifs is 1. The summed E-state index contributed by atoms with van der Waals surface area (Å²) in [6.45, 7) is 7.29. The molecular weight excluding hydrogens is 322 g/mol. The van der Waals surface area contributed by atoms with Gasteiger partial charge < -0.3 is 5.32 Å². The maximum atomic E-state index is 12.3. The van der Waals surface area contributed by atoms with Crippen molar-refractivity contribution in [2.24, 2.45) is 0 Å². The summed E-state index contributed by atoms with van der Waals surface area (Å²) in [4.78, 5) is 31.7. The molecule has 2 amide bonds. The zero-order valence-corrected chi connectivity index (χ0v) is 14.9. The molecule has 6 heteroatoms. The molecule has 126 valence electrons. The van der Waals surface area contributed by atoms with Gasteiger partial charge in [0.1, 0.15) is 5.01 Å². The second kappa shape index (κ2) is 6.83. The zero-order valence-electron chi connectivity index (χ0n) is 14.1. The minimum atomic E-state index is -0.186. The normalized spacial score (nSPS) is 15.0. The maximum Gasteiger partial charge on any atom is 0.261 e. The van der Waals surface area contributed by atoms with Crippen LogP contribution in [-0.2, 0) is 6.54 Å². The van der Waals surface area contributed by atoms with Crippen LogP contribution >= 0.6 is 11.3 Å². The summed E-state index contributed by atoms with van der Waals surface area (Å²) in [6.07, 6.45) is 0.717. The van der Waals surface area contributed by atoms with Crippen molar-refractivity contribution in [3.05, 3.63) is 51.0 Å². The highest BCUT2D eigenvalue weighted by Crippen LogP contribution is 2.22. The van der Waals surface area contributed by atoms with Crippen LogP contribution in [0.2, 0.25) is 0 Å². The largest absolute Gasteiger partial charge is 0.308 e. The van der Waals surface area contributed by atoms with Gasteiger partial charge in [-0.2, -0.15) is 0 Å². The molecule has 0 aliphatic carbocycles. The molecule has 0 unspecified atom stereocenters. The molecule has 0 fully saturated rings. The Hall–Kier alpha value is -2.05. The van der Waals surface area contributed by atoms with Gasteiger partial charge in [-0.3, -0.25) is 14.5 Å². The summed E-state index contributed by atoms with van der Waals surface area (Å²) in [5.41, 5.74) is 2.10. The van der Waals surface area contributed by atoms with Gasteiger partial charge in [-0.1, -0.05) is 12.1 Å². The Labute approximate surface area is 145 Å². The molecular formula is C18H21N3O2S. The Morgan fingerprint density at radius 3 is 2.33 bits per heavy atom. The van der Waals surface area contributed by atoms with E-state index < -0.39 is 0 Å². The van der Waals surface area contributed by atoms with E-state index in [-0.39, 0.29) is 17.9 Å². The van der Waals surface area contributed by atoms with Crippen molar-refractivity contribution >= 4 is 23.2 Å². The summed E-state index contributed by atoms with van der Waals surface area (Å²) < 4.78 is 0. The molecule has 1 aromatic heterocycles. The van der Waals surface area contributed by atoms with Gasteiger partial charge in [-0.05, 0) is 39.3 Å². The van der Waals surface area contributed by atoms with E-state index in [1.54, 1.807) is 35.6 Å². The predicted octanol–water partition coefficient (Wildman–Crippen LogP) is 2.92. The van der Waals surface area contributed by atoms with E-state index in [4.69, 9.17) is 0 Å². The summed E-state index contributed by atoms with van der Waals surface area (Å²) in [5.74, 6) is -0.372. The number of thiazole rings is 1. The number of aromatic nitrogens is 1. The number of amides is 2. The van der Waals surface area contributed by atoms with Crippen molar-refractivity contribution in [2.75, 3.05) is 6.54 Å². The highest BCUT2D eigenvalue weighted by atomic mass is 32.1. The van der Waals surface area contributed by atoms with Crippen LogP contribution in [0.25, 0.3) is 0 Å². The molecule has 24 heavy (non-hydrogen) atoms. The summed E-state index contributed by atoms with van der Waals surface area (Å²) >= 11 is 1.70. The quantitative estimate of drug-likeness (QED) is 0.819. The van der Waals surface area contributed by atoms with Crippen LogP contribution in [-0.4, -0.2) is 34.3 Å². The number of nitrogens with one attached hydrogen (secondary N) is 1. The maximum absolute atomic E-state index is 12.3. The molecule has 1 N–H and O–H groups in total. The van der Waals surface area contributed by atoms with Gasteiger partial charge in [0.15, 0.2) is 0 Å². The topological polar surface area (TPSA) is 62.3 Å². The van der Waals surface area contributed by atoms with Gasteiger partial charge in [0.2, 0.25) is 0 Å². The van der Waals surface area contributed by atoms with Crippen molar-refractivity contribution in [1.82, 2.24) is 15.2 Å². The second-order valence-electron chi connectivity index (χ2n) is 6.13. The summed E-state index contributed by atoms with van der Waals surface area (Å²) in [6, 6.07) is 7.19. The molecule has 1 aromatic carbocycles. The van der Waals surface area contributed by atoms with Crippen molar-refractivity contribution in [2.45, 2.75) is 39.8 Å². The first-order valence-corrected chi connectivity index (χ1v) is 8.90. The van der Waals surface area contributed by atoms with Gasteiger partial charge in [0.05, 0.1) is 16.8 Å². The molecule has 1 aliphatic rings. The number of imide groups is 1. The first-order chi connectivity index (χ1) is 11.5. The lowest BCUT2D eigenvalue weighted by atomic mass is 10.1. The van der Waals surface area contributed by atoms with Crippen LogP contribution in [0.15, 0.2) is 24.3 Å². The van der Waals surface area contributed by atoms with E-state index in [1.807, 2.05) is 6.92 Å². The fourth-order valence-electron chi connectivity index (χ4n) is 2.74. The molecule has 2 heterocycles. The Morgan fingerprint density at radius 2 is 1.79 bits per heavy atom. The number of aryl methyl sites for hydroxylation is 2. The molecule has 1 aliphatic heterocycles. The van der Waals surface area contributed by atoms with Gasteiger partial charge in [-0.25, -0.2) is 4.98 Å². The van der Waals surface area contributed by atoms with E-state index >= 15 is 0 Å². The van der Waals surface area contributed by atoms with E-state index in [2.05, 4.69) is 24.1 Å². The second-order valence-corrected chi connectivity index (χ2v) is 7.42. The van der Waals surface area contributed by atoms with E-state index in [0.717, 1.165) is 17.1 Å². The Bertz CT molecular complexity index is 730. The molecule has 5 nitrogen and oxygen atoms in total. The first-order valence-electron chi connectivity index (χ1n) is 8.09. The molecule has 0 bridgehead atoms. The van der Waals surface area contributed by atoms with E-state index in [0.29, 0.717) is 24.2 Å². The van der Waals surface area contributed by atoms with Gasteiger partial charge >= 0.3 is 0 Å². The third-order valence-corrected chi connectivity index (χ3v) is 5.41. The summed E-state index contributed by atoms with van der Waals surface area (Å²) in [5, 5.41) is 4.48. The fourth-order valence-corrected chi connectivity index (χ4v) is 3.63. The van der Waals surface area contributed by atoms with Crippen molar-refractivity contribution < 1.29 is 9.59 Å². The summed E-state index contributed by atoms with van der Waals surface area (Å²) in [7, 11) is 0. The minimum Gasteiger partial charge on any atom is -0.308 e. The molecule has 0 saturated carbocycles. The number of rotatable bonds is 6. The van der Waals surface area contributed by atoms with Crippen molar-refractivity contribution in [3.8, 4) is 0 Å². The monoisotopic (exact) mass is 343 g/mol. The number of nitrogens with zero attached hydrogens (tertiary/aromatic N) is 2. The number of hydrogen-bond donors (Lipinski definition) is 1. The number of benzene rings is 1. The van der Waals surface area contributed by atoms with E-state index in [1.165, 1.54) is 9.78 Å². The highest BCUT2D eigenvalue weighted by molar-refractivity contribution is 7.11. The van der Waals surface area contributed by atoms with E-state index in [9.17, 15) is 9.59 Å². The molecule has 0 radical (unpaired) electrons. The van der Waals surface area contributed by atoms with Crippen LogP contribution < -0.4 is 5.32 Å². The number of carbonyl (C=O) groups is 2. The fraction of sp³-hybridized carbons (Fsp3) is 0.389. The third kappa shape index (κ3) is 3.25. The molecule has 0 spiro atoms. The van der Waals surface area contributed by atoms with Gasteiger partial charge in [-0.15, -0.1) is 11.3 Å². The van der Waals surface area contributed by atoms with Crippen LogP contribution in [0.5, 0.6) is 0 Å². The predicted molar refractivity (Wildman–Crippen MR) is 94.3 cm³/mol. The van der Waals surface area contributed by atoms with Crippen LogP contribution in [0.4, 0.5) is 0 Å². The van der Waals surface area contributed by atoms with Crippen molar-refractivity contribution in [1.29, 1.82) is 0 Å². The lowest BCUT2D eigenvalue weighted by Gasteiger charge is -2.18. The number of carbonyl (C=O) groups excluding carboxylic acids is 2. The van der Waals surface area contributed by atoms with Gasteiger partial charge in [0, 0.05) is 24.0 Å².